The van der Waals surface area contributed by atoms with Gasteiger partial charge in [0.15, 0.2) is 0 Å². The molecule has 0 spiro atoms. The SMILES string of the molecule is C#CCOCCNCc1ccc(OC)cc1. The molecule has 0 aliphatic heterocycles. The van der Waals surface area contributed by atoms with E-state index in [4.69, 9.17) is 15.9 Å². The van der Waals surface area contributed by atoms with E-state index < -0.39 is 0 Å². The molecule has 0 saturated heterocycles. The van der Waals surface area contributed by atoms with Crippen LogP contribution < -0.4 is 10.1 Å². The fourth-order valence-corrected chi connectivity index (χ4v) is 1.25. The van der Waals surface area contributed by atoms with Crippen LogP contribution in [0.25, 0.3) is 0 Å². The maximum Gasteiger partial charge on any atom is 0.118 e. The number of terminal acetylenes is 1. The lowest BCUT2D eigenvalue weighted by molar-refractivity contribution is 0.168. The molecule has 0 aromatic heterocycles. The molecule has 16 heavy (non-hydrogen) atoms. The average Bonchev–Trinajstić information content (AvgIpc) is 2.34. The van der Waals surface area contributed by atoms with Crippen LogP contribution in [-0.4, -0.2) is 26.9 Å². The molecule has 0 fully saturated rings. The Labute approximate surface area is 96.8 Å². The van der Waals surface area contributed by atoms with E-state index in [1.807, 2.05) is 24.3 Å². The zero-order valence-corrected chi connectivity index (χ0v) is 9.53. The maximum atomic E-state index is 5.14. The molecular weight excluding hydrogens is 202 g/mol. The Morgan fingerprint density at radius 3 is 2.69 bits per heavy atom. The Kier molecular flexibility index (Phi) is 6.09. The van der Waals surface area contributed by atoms with Gasteiger partial charge in [0.1, 0.15) is 12.4 Å². The van der Waals surface area contributed by atoms with Crippen LogP contribution in [0.2, 0.25) is 0 Å². The molecule has 1 aromatic carbocycles. The lowest BCUT2D eigenvalue weighted by Crippen LogP contribution is -2.19. The molecule has 0 aliphatic rings. The van der Waals surface area contributed by atoms with Crippen molar-refractivity contribution in [1.29, 1.82) is 0 Å². The van der Waals surface area contributed by atoms with E-state index in [9.17, 15) is 0 Å². The van der Waals surface area contributed by atoms with Gasteiger partial charge in [-0.3, -0.25) is 0 Å². The van der Waals surface area contributed by atoms with Gasteiger partial charge in [0.2, 0.25) is 0 Å². The Balaban J connectivity index is 2.15. The highest BCUT2D eigenvalue weighted by atomic mass is 16.5. The van der Waals surface area contributed by atoms with E-state index in [-0.39, 0.29) is 0 Å². The summed E-state index contributed by atoms with van der Waals surface area (Å²) in [5, 5.41) is 3.26. The highest BCUT2D eigenvalue weighted by Crippen LogP contribution is 2.10. The average molecular weight is 219 g/mol. The lowest BCUT2D eigenvalue weighted by Gasteiger charge is -2.05. The van der Waals surface area contributed by atoms with Crippen molar-refractivity contribution in [2.75, 3.05) is 26.9 Å². The topological polar surface area (TPSA) is 30.5 Å². The molecule has 0 aliphatic carbocycles. The van der Waals surface area contributed by atoms with Gasteiger partial charge >= 0.3 is 0 Å². The standard InChI is InChI=1S/C13H17NO2/c1-3-9-16-10-8-14-11-12-4-6-13(15-2)7-5-12/h1,4-7,14H,8-11H2,2H3. The van der Waals surface area contributed by atoms with Crippen molar-refractivity contribution in [2.24, 2.45) is 0 Å². The number of methoxy groups -OCH3 is 1. The van der Waals surface area contributed by atoms with Gasteiger partial charge < -0.3 is 14.8 Å². The third-order valence-electron chi connectivity index (χ3n) is 2.10. The number of rotatable bonds is 7. The van der Waals surface area contributed by atoms with Crippen LogP contribution in [0.15, 0.2) is 24.3 Å². The number of benzene rings is 1. The van der Waals surface area contributed by atoms with Crippen LogP contribution in [0.4, 0.5) is 0 Å². The molecule has 86 valence electrons. The second kappa shape index (κ2) is 7.75. The molecule has 1 rings (SSSR count). The zero-order chi connectivity index (χ0) is 11.6. The molecule has 3 heteroatoms. The van der Waals surface area contributed by atoms with E-state index >= 15 is 0 Å². The van der Waals surface area contributed by atoms with Crippen LogP contribution in [0.1, 0.15) is 5.56 Å². The summed E-state index contributed by atoms with van der Waals surface area (Å²) in [6.45, 7) is 2.64. The Bertz CT molecular complexity index is 327. The molecule has 3 nitrogen and oxygen atoms in total. The first-order valence-electron chi connectivity index (χ1n) is 5.21. The van der Waals surface area contributed by atoms with Gasteiger partial charge in [-0.15, -0.1) is 6.42 Å². The van der Waals surface area contributed by atoms with Crippen LogP contribution >= 0.6 is 0 Å². The van der Waals surface area contributed by atoms with Gasteiger partial charge in [-0.2, -0.15) is 0 Å². The van der Waals surface area contributed by atoms with Crippen LogP contribution in [-0.2, 0) is 11.3 Å². The maximum absolute atomic E-state index is 5.14. The molecular formula is C13H17NO2. The summed E-state index contributed by atoms with van der Waals surface area (Å²) in [5.74, 6) is 3.30. The van der Waals surface area contributed by atoms with Crippen LogP contribution in [0, 0.1) is 12.3 Å². The number of nitrogens with one attached hydrogen (secondary N) is 1. The first-order valence-corrected chi connectivity index (χ1v) is 5.21. The Morgan fingerprint density at radius 1 is 1.31 bits per heavy atom. The molecule has 0 saturated carbocycles. The summed E-state index contributed by atoms with van der Waals surface area (Å²) in [7, 11) is 1.66. The Morgan fingerprint density at radius 2 is 2.06 bits per heavy atom. The summed E-state index contributed by atoms with van der Waals surface area (Å²) in [5.41, 5.74) is 1.22. The number of hydrogen-bond acceptors (Lipinski definition) is 3. The smallest absolute Gasteiger partial charge is 0.118 e. The van der Waals surface area contributed by atoms with Gasteiger partial charge in [-0.25, -0.2) is 0 Å². The highest BCUT2D eigenvalue weighted by Gasteiger charge is 1.93. The van der Waals surface area contributed by atoms with Gasteiger partial charge in [0.25, 0.3) is 0 Å². The molecule has 0 amide bonds. The molecule has 1 N–H and O–H groups in total. The number of hydrogen-bond donors (Lipinski definition) is 1. The minimum atomic E-state index is 0.379. The molecule has 0 heterocycles. The minimum Gasteiger partial charge on any atom is -0.497 e. The van der Waals surface area contributed by atoms with E-state index in [1.54, 1.807) is 7.11 Å². The van der Waals surface area contributed by atoms with E-state index in [1.165, 1.54) is 5.56 Å². The third-order valence-corrected chi connectivity index (χ3v) is 2.10. The molecule has 0 bridgehead atoms. The van der Waals surface area contributed by atoms with Crippen LogP contribution in [0.3, 0.4) is 0 Å². The fourth-order valence-electron chi connectivity index (χ4n) is 1.25. The van der Waals surface area contributed by atoms with Crippen molar-refractivity contribution in [3.05, 3.63) is 29.8 Å². The minimum absolute atomic E-state index is 0.379. The monoisotopic (exact) mass is 219 g/mol. The summed E-state index contributed by atoms with van der Waals surface area (Å²) in [4.78, 5) is 0. The van der Waals surface area contributed by atoms with E-state index in [0.29, 0.717) is 13.2 Å². The van der Waals surface area contributed by atoms with Gasteiger partial charge in [0, 0.05) is 13.1 Å². The molecule has 0 radical (unpaired) electrons. The van der Waals surface area contributed by atoms with Crippen molar-refractivity contribution in [3.63, 3.8) is 0 Å². The second-order valence-electron chi connectivity index (χ2n) is 3.28. The molecule has 0 unspecified atom stereocenters. The normalized spacial score (nSPS) is 9.75. The van der Waals surface area contributed by atoms with Crippen LogP contribution in [0.5, 0.6) is 5.75 Å². The fraction of sp³-hybridized carbons (Fsp3) is 0.385. The van der Waals surface area contributed by atoms with Gasteiger partial charge in [0.05, 0.1) is 13.7 Å². The lowest BCUT2D eigenvalue weighted by atomic mass is 10.2. The summed E-state index contributed by atoms with van der Waals surface area (Å²) in [6, 6.07) is 7.97. The molecule has 1 aromatic rings. The van der Waals surface area contributed by atoms with Crippen molar-refractivity contribution in [3.8, 4) is 18.1 Å². The first-order chi connectivity index (χ1) is 7.86. The summed E-state index contributed by atoms with van der Waals surface area (Å²) in [6.07, 6.45) is 5.05. The second-order valence-corrected chi connectivity index (χ2v) is 3.28. The summed E-state index contributed by atoms with van der Waals surface area (Å²) >= 11 is 0. The van der Waals surface area contributed by atoms with Crippen molar-refractivity contribution in [2.45, 2.75) is 6.54 Å². The quantitative estimate of drug-likeness (QED) is 0.556. The zero-order valence-electron chi connectivity index (χ0n) is 9.53. The van der Waals surface area contributed by atoms with Crippen molar-refractivity contribution in [1.82, 2.24) is 5.32 Å². The third kappa shape index (κ3) is 4.83. The largest absolute Gasteiger partial charge is 0.497 e. The Hall–Kier alpha value is -1.50. The van der Waals surface area contributed by atoms with E-state index in [2.05, 4.69) is 11.2 Å². The van der Waals surface area contributed by atoms with Crippen molar-refractivity contribution >= 4 is 0 Å². The predicted molar refractivity (Wildman–Crippen MR) is 64.4 cm³/mol. The van der Waals surface area contributed by atoms with Gasteiger partial charge in [-0.1, -0.05) is 18.1 Å². The van der Waals surface area contributed by atoms with E-state index in [0.717, 1.165) is 18.8 Å². The highest BCUT2D eigenvalue weighted by molar-refractivity contribution is 5.26. The van der Waals surface area contributed by atoms with Crippen molar-refractivity contribution < 1.29 is 9.47 Å². The van der Waals surface area contributed by atoms with Gasteiger partial charge in [-0.05, 0) is 17.7 Å². The first kappa shape index (κ1) is 12.6. The molecule has 0 atom stereocenters. The predicted octanol–water partition coefficient (Wildman–Crippen LogP) is 1.43. The summed E-state index contributed by atoms with van der Waals surface area (Å²) < 4.78 is 10.2. The number of ether oxygens (including phenoxy) is 2.